The van der Waals surface area contributed by atoms with Gasteiger partial charge in [0.25, 0.3) is 0 Å². The minimum absolute atomic E-state index is 0.103. The highest BCUT2D eigenvalue weighted by molar-refractivity contribution is 5.81. The molecule has 0 atom stereocenters. The number of H-pyrrole nitrogens is 1. The summed E-state index contributed by atoms with van der Waals surface area (Å²) in [5, 5.41) is 0. The number of pyridine rings is 1. The third-order valence-corrected chi connectivity index (χ3v) is 4.00. The number of nitrogens with zero attached hydrogens (tertiary/aromatic N) is 2. The van der Waals surface area contributed by atoms with Crippen LogP contribution in [0.5, 0.6) is 5.75 Å². The summed E-state index contributed by atoms with van der Waals surface area (Å²) in [7, 11) is 0. The Kier molecular flexibility index (Phi) is 4.13. The van der Waals surface area contributed by atoms with Gasteiger partial charge >= 0.3 is 0 Å². The SMILES string of the molecule is CC(C)Oc1cccc(-c2nc3ncc(-c4ccccc4F)cc3[nH]2)c1. The van der Waals surface area contributed by atoms with Gasteiger partial charge in [0.05, 0.1) is 11.6 Å². The highest BCUT2D eigenvalue weighted by Crippen LogP contribution is 2.27. The maximum absolute atomic E-state index is 14.0. The molecule has 4 rings (SSSR count). The maximum Gasteiger partial charge on any atom is 0.178 e. The minimum atomic E-state index is -0.271. The Morgan fingerprint density at radius 2 is 1.85 bits per heavy atom. The van der Waals surface area contributed by atoms with E-state index in [1.807, 2.05) is 44.2 Å². The van der Waals surface area contributed by atoms with Crippen LogP contribution < -0.4 is 4.74 Å². The van der Waals surface area contributed by atoms with Crippen molar-refractivity contribution in [3.8, 4) is 28.3 Å². The molecule has 2 aromatic heterocycles. The Morgan fingerprint density at radius 3 is 2.65 bits per heavy atom. The van der Waals surface area contributed by atoms with Crippen LogP contribution in [-0.2, 0) is 0 Å². The molecule has 0 unspecified atom stereocenters. The number of hydrogen-bond acceptors (Lipinski definition) is 3. The Morgan fingerprint density at radius 1 is 1.00 bits per heavy atom. The van der Waals surface area contributed by atoms with E-state index < -0.39 is 0 Å². The van der Waals surface area contributed by atoms with Crippen molar-refractivity contribution in [2.45, 2.75) is 20.0 Å². The van der Waals surface area contributed by atoms with Gasteiger partial charge in [0.2, 0.25) is 0 Å². The molecule has 1 N–H and O–H groups in total. The third-order valence-electron chi connectivity index (χ3n) is 4.00. The first-order valence-electron chi connectivity index (χ1n) is 8.48. The van der Waals surface area contributed by atoms with Crippen LogP contribution in [0, 0.1) is 5.82 Å². The molecule has 4 aromatic rings. The average Bonchev–Trinajstić information content (AvgIpc) is 3.05. The lowest BCUT2D eigenvalue weighted by Crippen LogP contribution is -2.05. The van der Waals surface area contributed by atoms with Crippen molar-refractivity contribution < 1.29 is 9.13 Å². The molecule has 0 amide bonds. The van der Waals surface area contributed by atoms with Crippen LogP contribution in [0.2, 0.25) is 0 Å². The van der Waals surface area contributed by atoms with Crippen molar-refractivity contribution in [1.29, 1.82) is 0 Å². The van der Waals surface area contributed by atoms with Crippen LogP contribution >= 0.6 is 0 Å². The Labute approximate surface area is 150 Å². The normalized spacial score (nSPS) is 11.2. The summed E-state index contributed by atoms with van der Waals surface area (Å²) in [6, 6.07) is 16.3. The Balaban J connectivity index is 1.74. The zero-order chi connectivity index (χ0) is 18.1. The summed E-state index contributed by atoms with van der Waals surface area (Å²) < 4.78 is 19.8. The zero-order valence-electron chi connectivity index (χ0n) is 14.5. The van der Waals surface area contributed by atoms with E-state index >= 15 is 0 Å². The molecule has 130 valence electrons. The molecule has 0 fully saturated rings. The van der Waals surface area contributed by atoms with Gasteiger partial charge in [0.1, 0.15) is 17.4 Å². The highest BCUT2D eigenvalue weighted by Gasteiger charge is 2.11. The minimum Gasteiger partial charge on any atom is -0.491 e. The molecule has 5 heteroatoms. The lowest BCUT2D eigenvalue weighted by Gasteiger charge is -2.10. The van der Waals surface area contributed by atoms with E-state index in [1.54, 1.807) is 24.4 Å². The molecule has 4 nitrogen and oxygen atoms in total. The number of fused-ring (bicyclic) bond motifs is 1. The quantitative estimate of drug-likeness (QED) is 0.551. The lowest BCUT2D eigenvalue weighted by molar-refractivity contribution is 0.242. The number of halogens is 1. The lowest BCUT2D eigenvalue weighted by atomic mass is 10.1. The van der Waals surface area contributed by atoms with Gasteiger partial charge in [-0.15, -0.1) is 0 Å². The van der Waals surface area contributed by atoms with Crippen LogP contribution in [-0.4, -0.2) is 21.1 Å². The second kappa shape index (κ2) is 6.59. The molecular weight excluding hydrogens is 329 g/mol. The van der Waals surface area contributed by atoms with Crippen LogP contribution in [0.3, 0.4) is 0 Å². The summed E-state index contributed by atoms with van der Waals surface area (Å²) in [6.45, 7) is 3.98. The van der Waals surface area contributed by atoms with Crippen molar-refractivity contribution in [3.05, 3.63) is 66.6 Å². The molecule has 0 spiro atoms. The van der Waals surface area contributed by atoms with Crippen LogP contribution in [0.15, 0.2) is 60.8 Å². The number of benzene rings is 2. The number of nitrogens with one attached hydrogen (secondary N) is 1. The molecule has 0 aliphatic heterocycles. The van der Waals surface area contributed by atoms with E-state index in [2.05, 4.69) is 15.0 Å². The van der Waals surface area contributed by atoms with E-state index in [4.69, 9.17) is 4.74 Å². The monoisotopic (exact) mass is 347 g/mol. The van der Waals surface area contributed by atoms with E-state index in [-0.39, 0.29) is 11.9 Å². The molecule has 0 saturated heterocycles. The van der Waals surface area contributed by atoms with Gasteiger partial charge in [-0.1, -0.05) is 30.3 Å². The number of imidazole rings is 1. The predicted molar refractivity (Wildman–Crippen MR) is 100 cm³/mol. The first-order chi connectivity index (χ1) is 12.6. The second-order valence-electron chi connectivity index (χ2n) is 6.35. The van der Waals surface area contributed by atoms with E-state index in [9.17, 15) is 4.39 Å². The molecule has 26 heavy (non-hydrogen) atoms. The number of ether oxygens (including phenoxy) is 1. The number of aromatic nitrogens is 3. The summed E-state index contributed by atoms with van der Waals surface area (Å²) in [5.74, 6) is 1.22. The van der Waals surface area contributed by atoms with Gasteiger partial charge in [0, 0.05) is 22.9 Å². The van der Waals surface area contributed by atoms with E-state index in [1.165, 1.54) is 6.07 Å². The van der Waals surface area contributed by atoms with Gasteiger partial charge in [-0.25, -0.2) is 14.4 Å². The van der Waals surface area contributed by atoms with Crippen LogP contribution in [0.25, 0.3) is 33.7 Å². The first-order valence-corrected chi connectivity index (χ1v) is 8.48. The van der Waals surface area contributed by atoms with Crippen LogP contribution in [0.4, 0.5) is 4.39 Å². The fourth-order valence-electron chi connectivity index (χ4n) is 2.87. The second-order valence-corrected chi connectivity index (χ2v) is 6.35. The topological polar surface area (TPSA) is 50.8 Å². The van der Waals surface area contributed by atoms with Crippen molar-refractivity contribution in [2.75, 3.05) is 0 Å². The molecule has 0 saturated carbocycles. The van der Waals surface area contributed by atoms with Crippen molar-refractivity contribution in [3.63, 3.8) is 0 Å². The maximum atomic E-state index is 14.0. The van der Waals surface area contributed by atoms with E-state index in [0.717, 1.165) is 16.8 Å². The summed E-state index contributed by atoms with van der Waals surface area (Å²) in [6.07, 6.45) is 1.75. The smallest absolute Gasteiger partial charge is 0.178 e. The molecule has 0 radical (unpaired) electrons. The summed E-state index contributed by atoms with van der Waals surface area (Å²) in [4.78, 5) is 12.2. The summed E-state index contributed by atoms with van der Waals surface area (Å²) in [5.41, 5.74) is 3.49. The third kappa shape index (κ3) is 3.16. The average molecular weight is 347 g/mol. The molecule has 0 aliphatic rings. The van der Waals surface area contributed by atoms with Crippen LogP contribution in [0.1, 0.15) is 13.8 Å². The fraction of sp³-hybridized carbons (Fsp3) is 0.143. The molecular formula is C21H18FN3O. The fourth-order valence-corrected chi connectivity index (χ4v) is 2.87. The largest absolute Gasteiger partial charge is 0.491 e. The van der Waals surface area contributed by atoms with Gasteiger partial charge in [-0.05, 0) is 38.1 Å². The number of hydrogen-bond donors (Lipinski definition) is 1. The molecule has 2 aromatic carbocycles. The van der Waals surface area contributed by atoms with E-state index in [0.29, 0.717) is 22.6 Å². The van der Waals surface area contributed by atoms with Crippen molar-refractivity contribution in [2.24, 2.45) is 0 Å². The van der Waals surface area contributed by atoms with Crippen molar-refractivity contribution in [1.82, 2.24) is 15.0 Å². The Bertz CT molecular complexity index is 1070. The molecule has 0 bridgehead atoms. The number of rotatable bonds is 4. The Hall–Kier alpha value is -3.21. The van der Waals surface area contributed by atoms with Crippen molar-refractivity contribution >= 4 is 11.2 Å². The van der Waals surface area contributed by atoms with Gasteiger partial charge in [-0.2, -0.15) is 0 Å². The highest BCUT2D eigenvalue weighted by atomic mass is 19.1. The van der Waals surface area contributed by atoms with Gasteiger partial charge in [-0.3, -0.25) is 0 Å². The standard InChI is InChI=1S/C21H18FN3O/c1-13(2)26-16-7-5-6-14(10-16)20-24-19-11-15(12-23-21(19)25-20)17-8-3-4-9-18(17)22/h3-13H,1-2H3,(H,23,24,25). The molecule has 0 aliphatic carbocycles. The molecule has 2 heterocycles. The predicted octanol–water partition coefficient (Wildman–Crippen LogP) is 5.22. The first kappa shape index (κ1) is 16.3. The van der Waals surface area contributed by atoms with Gasteiger partial charge in [0.15, 0.2) is 5.65 Å². The zero-order valence-corrected chi connectivity index (χ0v) is 14.5. The van der Waals surface area contributed by atoms with Gasteiger partial charge < -0.3 is 9.72 Å². The summed E-state index contributed by atoms with van der Waals surface area (Å²) >= 11 is 0. The number of aromatic amines is 1.